The van der Waals surface area contributed by atoms with Gasteiger partial charge in [0, 0.05) is 36.7 Å². The minimum atomic E-state index is 0.0938. The van der Waals surface area contributed by atoms with Crippen LogP contribution in [0.2, 0.25) is 0 Å². The minimum absolute atomic E-state index is 0.0938. The van der Waals surface area contributed by atoms with Gasteiger partial charge in [0.2, 0.25) is 0 Å². The lowest BCUT2D eigenvalue weighted by Gasteiger charge is -2.62. The maximum atomic E-state index is 4.46. The average Bonchev–Trinajstić information content (AvgIpc) is 3.09. The largest absolute Gasteiger partial charge is 0.352 e. The second-order valence-electron chi connectivity index (χ2n) is 7.46. The summed E-state index contributed by atoms with van der Waals surface area (Å²) < 4.78 is 0. The molecule has 0 unspecified atom stereocenters. The molecule has 1 aliphatic rings. The number of nitrogens with one attached hydrogen (secondary N) is 2. The molecule has 6 nitrogen and oxygen atoms in total. The van der Waals surface area contributed by atoms with Crippen LogP contribution in [0.25, 0.3) is 11.4 Å². The number of guanidine groups is 1. The lowest BCUT2D eigenvalue weighted by atomic mass is 9.65. The van der Waals surface area contributed by atoms with Crippen LogP contribution in [0.5, 0.6) is 0 Å². The second-order valence-corrected chi connectivity index (χ2v) is 7.46. The second kappa shape index (κ2) is 5.92. The Morgan fingerprint density at radius 1 is 1.33 bits per heavy atom. The number of benzene rings is 1. The van der Waals surface area contributed by atoms with Crippen LogP contribution >= 0.6 is 0 Å². The van der Waals surface area contributed by atoms with Gasteiger partial charge in [-0.1, -0.05) is 32.0 Å². The van der Waals surface area contributed by atoms with E-state index in [1.54, 1.807) is 0 Å². The fraction of sp³-hybridized carbons (Fsp3) is 0.500. The summed E-state index contributed by atoms with van der Waals surface area (Å²) in [5.74, 6) is 1.73. The molecule has 0 amide bonds. The summed E-state index contributed by atoms with van der Waals surface area (Å²) in [6, 6.07) is 8.28. The molecule has 0 atom stereocenters. The molecule has 3 rings (SSSR count). The predicted octanol–water partition coefficient (Wildman–Crippen LogP) is 2.67. The van der Waals surface area contributed by atoms with Crippen molar-refractivity contribution in [2.24, 2.45) is 10.4 Å². The van der Waals surface area contributed by atoms with Gasteiger partial charge in [0.05, 0.1) is 0 Å². The molecule has 1 aromatic heterocycles. The maximum absolute atomic E-state index is 4.46. The van der Waals surface area contributed by atoms with Gasteiger partial charge in [0.25, 0.3) is 0 Å². The van der Waals surface area contributed by atoms with Gasteiger partial charge in [-0.15, -0.1) is 0 Å². The SMILES string of the molecule is CN=C(NCc1cccc(-c2ncn[nH]2)c1)N1CC(C)(C)C1(C)C. The number of hydrogen-bond donors (Lipinski definition) is 2. The van der Waals surface area contributed by atoms with Gasteiger partial charge in [-0.05, 0) is 25.5 Å². The van der Waals surface area contributed by atoms with E-state index in [4.69, 9.17) is 0 Å². The van der Waals surface area contributed by atoms with E-state index in [-0.39, 0.29) is 11.0 Å². The van der Waals surface area contributed by atoms with Crippen LogP contribution < -0.4 is 5.32 Å². The molecule has 6 heteroatoms. The van der Waals surface area contributed by atoms with Crippen LogP contribution in [0.4, 0.5) is 0 Å². The van der Waals surface area contributed by atoms with Gasteiger partial charge >= 0.3 is 0 Å². The van der Waals surface area contributed by atoms with Crippen LogP contribution in [-0.2, 0) is 6.54 Å². The van der Waals surface area contributed by atoms with Gasteiger partial charge in [-0.25, -0.2) is 4.98 Å². The highest BCUT2D eigenvalue weighted by Crippen LogP contribution is 2.46. The summed E-state index contributed by atoms with van der Waals surface area (Å²) in [7, 11) is 1.84. The molecular formula is C18H26N6. The number of likely N-dealkylation sites (tertiary alicyclic amines) is 1. The molecule has 2 heterocycles. The summed E-state index contributed by atoms with van der Waals surface area (Å²) >= 11 is 0. The number of aromatic nitrogens is 3. The number of rotatable bonds is 3. The smallest absolute Gasteiger partial charge is 0.194 e. The number of nitrogens with zero attached hydrogens (tertiary/aromatic N) is 4. The molecule has 0 radical (unpaired) electrons. The van der Waals surface area contributed by atoms with E-state index in [1.165, 1.54) is 11.9 Å². The Labute approximate surface area is 143 Å². The summed E-state index contributed by atoms with van der Waals surface area (Å²) in [6.07, 6.45) is 1.52. The third-order valence-corrected chi connectivity index (χ3v) is 5.42. The van der Waals surface area contributed by atoms with Crippen molar-refractivity contribution < 1.29 is 0 Å². The number of aliphatic imine (C=N–C) groups is 1. The van der Waals surface area contributed by atoms with Crippen LogP contribution in [0, 0.1) is 5.41 Å². The first-order chi connectivity index (χ1) is 11.3. The van der Waals surface area contributed by atoms with Crippen molar-refractivity contribution in [3.8, 4) is 11.4 Å². The first-order valence-electron chi connectivity index (χ1n) is 8.28. The predicted molar refractivity (Wildman–Crippen MR) is 96.6 cm³/mol. The van der Waals surface area contributed by atoms with Crippen LogP contribution in [-0.4, -0.2) is 45.2 Å². The average molecular weight is 326 g/mol. The molecule has 0 bridgehead atoms. The molecule has 0 aliphatic carbocycles. The summed E-state index contributed by atoms with van der Waals surface area (Å²) in [5.41, 5.74) is 2.60. The van der Waals surface area contributed by atoms with Crippen molar-refractivity contribution in [3.63, 3.8) is 0 Å². The van der Waals surface area contributed by atoms with E-state index in [0.717, 1.165) is 30.4 Å². The standard InChI is InChI=1S/C18H26N6/c1-17(2)11-24(18(17,3)4)16(19-5)20-10-13-7-6-8-14(9-13)15-21-12-22-23-15/h6-9,12H,10-11H2,1-5H3,(H,19,20)(H,21,22,23). The highest BCUT2D eigenvalue weighted by atomic mass is 15.4. The molecular weight excluding hydrogens is 300 g/mol. The molecule has 24 heavy (non-hydrogen) atoms. The van der Waals surface area contributed by atoms with Crippen LogP contribution in [0.1, 0.15) is 33.3 Å². The van der Waals surface area contributed by atoms with E-state index in [9.17, 15) is 0 Å². The highest BCUT2D eigenvalue weighted by molar-refractivity contribution is 5.82. The van der Waals surface area contributed by atoms with E-state index in [0.29, 0.717) is 0 Å². The monoisotopic (exact) mass is 326 g/mol. The van der Waals surface area contributed by atoms with Gasteiger partial charge in [0.15, 0.2) is 11.8 Å². The summed E-state index contributed by atoms with van der Waals surface area (Å²) in [5, 5.41) is 10.3. The third-order valence-electron chi connectivity index (χ3n) is 5.42. The Bertz CT molecular complexity index is 730. The first-order valence-corrected chi connectivity index (χ1v) is 8.28. The van der Waals surface area contributed by atoms with Gasteiger partial charge < -0.3 is 10.2 Å². The fourth-order valence-electron chi connectivity index (χ4n) is 3.05. The molecule has 1 saturated heterocycles. The van der Waals surface area contributed by atoms with Crippen molar-refractivity contribution in [1.29, 1.82) is 0 Å². The normalized spacial score (nSPS) is 19.0. The van der Waals surface area contributed by atoms with Crippen molar-refractivity contribution in [2.45, 2.75) is 39.8 Å². The quantitative estimate of drug-likeness (QED) is 0.672. The fourth-order valence-corrected chi connectivity index (χ4v) is 3.05. The molecule has 2 N–H and O–H groups in total. The molecule has 0 spiro atoms. The van der Waals surface area contributed by atoms with Crippen molar-refractivity contribution >= 4 is 5.96 Å². The Kier molecular flexibility index (Phi) is 4.07. The lowest BCUT2D eigenvalue weighted by Crippen LogP contribution is -2.72. The van der Waals surface area contributed by atoms with Gasteiger partial charge in [-0.3, -0.25) is 10.1 Å². The number of aromatic amines is 1. The zero-order valence-electron chi connectivity index (χ0n) is 15.1. The lowest BCUT2D eigenvalue weighted by molar-refractivity contribution is -0.0667. The molecule has 128 valence electrons. The van der Waals surface area contributed by atoms with E-state index in [1.807, 2.05) is 19.2 Å². The molecule has 2 aromatic rings. The molecule has 1 aliphatic heterocycles. The maximum Gasteiger partial charge on any atom is 0.194 e. The van der Waals surface area contributed by atoms with Crippen molar-refractivity contribution in [1.82, 2.24) is 25.4 Å². The Morgan fingerprint density at radius 3 is 2.71 bits per heavy atom. The topological polar surface area (TPSA) is 69.2 Å². The molecule has 1 fully saturated rings. The van der Waals surface area contributed by atoms with E-state index < -0.39 is 0 Å². The third kappa shape index (κ3) is 2.77. The van der Waals surface area contributed by atoms with Crippen molar-refractivity contribution in [2.75, 3.05) is 13.6 Å². The van der Waals surface area contributed by atoms with Crippen LogP contribution in [0.3, 0.4) is 0 Å². The zero-order chi connectivity index (χ0) is 17.4. The number of H-pyrrole nitrogens is 1. The van der Waals surface area contributed by atoms with Crippen LogP contribution in [0.15, 0.2) is 35.6 Å². The first kappa shape index (κ1) is 16.5. The zero-order valence-corrected chi connectivity index (χ0v) is 15.1. The Morgan fingerprint density at radius 2 is 2.12 bits per heavy atom. The Hall–Kier alpha value is -2.37. The Balaban J connectivity index is 1.68. The van der Waals surface area contributed by atoms with Gasteiger partial charge in [0.1, 0.15) is 6.33 Å². The van der Waals surface area contributed by atoms with Gasteiger partial charge in [-0.2, -0.15) is 5.10 Å². The summed E-state index contributed by atoms with van der Waals surface area (Å²) in [6.45, 7) is 10.9. The minimum Gasteiger partial charge on any atom is -0.352 e. The number of hydrogen-bond acceptors (Lipinski definition) is 3. The highest BCUT2D eigenvalue weighted by Gasteiger charge is 2.53. The molecule has 1 aromatic carbocycles. The van der Waals surface area contributed by atoms with Crippen molar-refractivity contribution in [3.05, 3.63) is 36.2 Å². The molecule has 0 saturated carbocycles. The van der Waals surface area contributed by atoms with E-state index >= 15 is 0 Å². The summed E-state index contributed by atoms with van der Waals surface area (Å²) in [4.78, 5) is 11.0. The van der Waals surface area contributed by atoms with E-state index in [2.05, 4.69) is 70.2 Å².